The van der Waals surface area contributed by atoms with Crippen LogP contribution >= 0.6 is 11.8 Å². The highest BCUT2D eigenvalue weighted by Crippen LogP contribution is 2.09. The van der Waals surface area contributed by atoms with Gasteiger partial charge in [0.25, 0.3) is 0 Å². The number of carboxylic acids is 1. The van der Waals surface area contributed by atoms with Gasteiger partial charge in [0.1, 0.15) is 36.3 Å². The fraction of sp³-hybridized carbons (Fsp3) is 0.625. The Bertz CT molecular complexity index is 1500. The fourth-order valence-corrected chi connectivity index (χ4v) is 5.14. The van der Waals surface area contributed by atoms with Crippen LogP contribution in [-0.4, -0.2) is 141 Å². The number of hydrogen-bond acceptors (Lipinski definition) is 13. The summed E-state index contributed by atoms with van der Waals surface area (Å²) in [6.45, 7) is 4.59. The van der Waals surface area contributed by atoms with Crippen molar-refractivity contribution in [3.05, 3.63) is 18.2 Å². The third-order valence-electron chi connectivity index (χ3n) is 8.09. The number of imidazole rings is 1. The first-order chi connectivity index (χ1) is 25.8. The molecule has 0 radical (unpaired) electrons. The minimum Gasteiger partial charge on any atom is -0.480 e. The largest absolute Gasteiger partial charge is 0.480 e. The maximum Gasteiger partial charge on any atom is 0.326 e. The van der Waals surface area contributed by atoms with E-state index >= 15 is 0 Å². The van der Waals surface area contributed by atoms with Crippen molar-refractivity contribution in [1.29, 1.82) is 0 Å². The number of aliphatic carboxylic acids is 1. The van der Waals surface area contributed by atoms with Gasteiger partial charge in [-0.15, -0.1) is 0 Å². The Morgan fingerprint density at radius 1 is 0.818 bits per heavy atom. The van der Waals surface area contributed by atoms with Crippen molar-refractivity contribution in [2.24, 2.45) is 17.4 Å². The molecule has 0 aliphatic carbocycles. The minimum atomic E-state index is -1.71. The first-order valence-electron chi connectivity index (χ1n) is 17.3. The van der Waals surface area contributed by atoms with Crippen LogP contribution in [0.1, 0.15) is 52.7 Å². The predicted octanol–water partition coefficient (Wildman–Crippen LogP) is -4.90. The number of aliphatic hydroxyl groups is 1. The third-order valence-corrected chi connectivity index (χ3v) is 8.74. The normalized spacial score (nSPS) is 15.3. The van der Waals surface area contributed by atoms with Crippen LogP contribution in [0.25, 0.3) is 0 Å². The average molecular weight is 800 g/mol. The van der Waals surface area contributed by atoms with E-state index in [1.165, 1.54) is 38.1 Å². The van der Waals surface area contributed by atoms with E-state index in [0.717, 1.165) is 0 Å². The lowest BCUT2D eigenvalue weighted by atomic mass is 9.98. The first kappa shape index (κ1) is 47.7. The van der Waals surface area contributed by atoms with E-state index in [1.54, 1.807) is 20.1 Å². The number of nitrogens with two attached hydrogens (primary N) is 2. The molecule has 1 rings (SSSR count). The van der Waals surface area contributed by atoms with E-state index in [2.05, 4.69) is 47.2 Å². The van der Waals surface area contributed by atoms with Crippen LogP contribution < -0.4 is 48.7 Å². The van der Waals surface area contributed by atoms with Gasteiger partial charge < -0.3 is 63.9 Å². The topological polar surface area (TPSA) is 359 Å². The molecule has 0 aliphatic rings. The van der Waals surface area contributed by atoms with Crippen LogP contribution in [0.5, 0.6) is 0 Å². The summed E-state index contributed by atoms with van der Waals surface area (Å²) in [5.74, 6) is -8.58. The number of nitrogens with zero attached hydrogens (tertiary/aromatic N) is 1. The summed E-state index contributed by atoms with van der Waals surface area (Å²) in [6.07, 6.45) is 4.00. The summed E-state index contributed by atoms with van der Waals surface area (Å²) in [4.78, 5) is 121. The van der Waals surface area contributed by atoms with Gasteiger partial charge in [0.05, 0.1) is 31.9 Å². The van der Waals surface area contributed by atoms with Gasteiger partial charge in [0, 0.05) is 18.3 Å². The molecule has 8 atom stereocenters. The number of hydrogen-bond donors (Lipinski definition) is 12. The van der Waals surface area contributed by atoms with Crippen molar-refractivity contribution in [3.63, 3.8) is 0 Å². The van der Waals surface area contributed by atoms with E-state index in [1.807, 2.05) is 0 Å². The number of primary amides is 1. The maximum absolute atomic E-state index is 13.6. The van der Waals surface area contributed by atoms with Gasteiger partial charge in [0.2, 0.25) is 47.3 Å². The Morgan fingerprint density at radius 3 is 1.91 bits per heavy atom. The number of amides is 8. The standard InChI is InChI=1S/C32H53N11O11S/c1-6-15(2)25(32(53)54)43-30(51)21(10-23(34)45)41-31(52)22(13-44)42-28(49)19(7-8-55-5)39-29(50)20(9-18-11-35-14-37-18)40-27(48)17(4)38-24(46)12-36-26(47)16(3)33/h11,14-17,19-22,25,44H,6-10,12-13,33H2,1-5H3,(H2,34,45)(H,35,37)(H,36,47)(H,38,46)(H,39,50)(H,40,48)(H,41,52)(H,42,49)(H,43,51)(H,53,54)/t15-,16-,17-,19-,20-,21-,22-,25-/m0/s1. The number of aromatic amines is 1. The lowest BCUT2D eigenvalue weighted by molar-refractivity contribution is -0.144. The SMILES string of the molecule is CC[C@H](C)[C@H](NC(=O)[C@H](CC(N)=O)NC(=O)[C@H](CO)NC(=O)[C@H](CCSC)NC(=O)[C@H](Cc1cnc[nH]1)NC(=O)[C@H](C)NC(=O)CNC(=O)[C@H](C)N)C(=O)O. The van der Waals surface area contributed by atoms with E-state index in [9.17, 15) is 53.4 Å². The Morgan fingerprint density at radius 2 is 1.38 bits per heavy atom. The molecule has 14 N–H and O–H groups in total. The molecule has 308 valence electrons. The van der Waals surface area contributed by atoms with Crippen LogP contribution in [0.3, 0.4) is 0 Å². The third kappa shape index (κ3) is 17.2. The molecule has 23 heteroatoms. The van der Waals surface area contributed by atoms with Crippen LogP contribution in [0.4, 0.5) is 0 Å². The van der Waals surface area contributed by atoms with Crippen molar-refractivity contribution < 1.29 is 53.4 Å². The number of thioether (sulfide) groups is 1. The summed E-state index contributed by atoms with van der Waals surface area (Å²) < 4.78 is 0. The first-order valence-corrected chi connectivity index (χ1v) is 18.7. The van der Waals surface area contributed by atoms with Gasteiger partial charge in [-0.3, -0.25) is 38.4 Å². The van der Waals surface area contributed by atoms with Crippen molar-refractivity contribution in [3.8, 4) is 0 Å². The second-order valence-corrected chi connectivity index (χ2v) is 13.7. The molecular formula is C32H53N11O11S. The van der Waals surface area contributed by atoms with Crippen LogP contribution in [0.2, 0.25) is 0 Å². The Kier molecular flexibility index (Phi) is 21.0. The second-order valence-electron chi connectivity index (χ2n) is 12.7. The van der Waals surface area contributed by atoms with Gasteiger partial charge in [-0.2, -0.15) is 11.8 Å². The summed E-state index contributed by atoms with van der Waals surface area (Å²) in [5.41, 5.74) is 11.1. The molecule has 0 spiro atoms. The monoisotopic (exact) mass is 799 g/mol. The number of H-pyrrole nitrogens is 1. The molecule has 1 heterocycles. The number of nitrogens with one attached hydrogen (secondary N) is 8. The lowest BCUT2D eigenvalue weighted by Crippen LogP contribution is -2.61. The highest BCUT2D eigenvalue weighted by molar-refractivity contribution is 7.98. The van der Waals surface area contributed by atoms with E-state index in [0.29, 0.717) is 17.9 Å². The molecule has 1 aromatic rings. The number of carboxylic acid groups (broad SMARTS) is 1. The lowest BCUT2D eigenvalue weighted by Gasteiger charge is -2.27. The summed E-state index contributed by atoms with van der Waals surface area (Å²) >= 11 is 1.33. The molecular weight excluding hydrogens is 746 g/mol. The fourth-order valence-electron chi connectivity index (χ4n) is 4.67. The molecule has 8 amide bonds. The summed E-state index contributed by atoms with van der Waals surface area (Å²) in [7, 11) is 0. The molecule has 0 bridgehead atoms. The van der Waals surface area contributed by atoms with E-state index < -0.39 is 121 Å². The smallest absolute Gasteiger partial charge is 0.326 e. The Labute approximate surface area is 321 Å². The molecule has 0 fully saturated rings. The van der Waals surface area contributed by atoms with Crippen LogP contribution in [0, 0.1) is 5.92 Å². The van der Waals surface area contributed by atoms with Gasteiger partial charge >= 0.3 is 5.97 Å². The number of rotatable bonds is 25. The van der Waals surface area contributed by atoms with Crippen molar-refractivity contribution in [2.75, 3.05) is 25.2 Å². The maximum atomic E-state index is 13.6. The highest BCUT2D eigenvalue weighted by atomic mass is 32.2. The molecule has 0 saturated carbocycles. The van der Waals surface area contributed by atoms with E-state index in [4.69, 9.17) is 11.5 Å². The second kappa shape index (κ2) is 24.2. The summed E-state index contributed by atoms with van der Waals surface area (Å²) in [6, 6.07) is -9.44. The number of aliphatic hydroxyl groups excluding tert-OH is 1. The average Bonchev–Trinajstić information content (AvgIpc) is 3.64. The number of carbonyl (C=O) groups is 9. The molecule has 0 unspecified atom stereocenters. The molecule has 22 nitrogen and oxygen atoms in total. The van der Waals surface area contributed by atoms with E-state index in [-0.39, 0.29) is 12.8 Å². The molecule has 1 aromatic heterocycles. The molecule has 55 heavy (non-hydrogen) atoms. The van der Waals surface area contributed by atoms with Crippen molar-refractivity contribution >= 4 is 65.0 Å². The zero-order chi connectivity index (χ0) is 41.8. The van der Waals surface area contributed by atoms with Crippen molar-refractivity contribution in [2.45, 2.75) is 95.7 Å². The highest BCUT2D eigenvalue weighted by Gasteiger charge is 2.34. The van der Waals surface area contributed by atoms with Crippen LogP contribution in [-0.2, 0) is 49.6 Å². The summed E-state index contributed by atoms with van der Waals surface area (Å²) in [5, 5.41) is 36.1. The van der Waals surface area contributed by atoms with Gasteiger partial charge in [-0.05, 0) is 38.2 Å². The van der Waals surface area contributed by atoms with Gasteiger partial charge in [-0.25, -0.2) is 9.78 Å². The molecule has 0 saturated heterocycles. The molecule has 0 aromatic carbocycles. The Hall–Kier alpha value is -5.29. The van der Waals surface area contributed by atoms with Crippen LogP contribution in [0.15, 0.2) is 12.5 Å². The van der Waals surface area contributed by atoms with Gasteiger partial charge in [-0.1, -0.05) is 20.3 Å². The van der Waals surface area contributed by atoms with Gasteiger partial charge in [0.15, 0.2) is 0 Å². The minimum absolute atomic E-state index is 0.0156. The van der Waals surface area contributed by atoms with Crippen molar-refractivity contribution in [1.82, 2.24) is 47.2 Å². The number of aromatic nitrogens is 2. The Balaban J connectivity index is 3.15. The quantitative estimate of drug-likeness (QED) is 0.0441. The predicted molar refractivity (Wildman–Crippen MR) is 197 cm³/mol. The number of carbonyl (C=O) groups excluding carboxylic acids is 8. The zero-order valence-corrected chi connectivity index (χ0v) is 32.1. The molecule has 0 aliphatic heterocycles. The zero-order valence-electron chi connectivity index (χ0n) is 31.3.